The van der Waals surface area contributed by atoms with Gasteiger partial charge in [0.15, 0.2) is 0 Å². The second-order valence-electron chi connectivity index (χ2n) is 7.91. The van der Waals surface area contributed by atoms with E-state index in [1.165, 1.54) is 0 Å². The number of amides is 1. The number of methoxy groups -OCH3 is 1. The molecule has 1 N–H and O–H groups in total. The van der Waals surface area contributed by atoms with Gasteiger partial charge in [-0.25, -0.2) is 0 Å². The van der Waals surface area contributed by atoms with Crippen LogP contribution in [0.5, 0.6) is 5.75 Å². The van der Waals surface area contributed by atoms with Crippen LogP contribution in [0.15, 0.2) is 85.1 Å². The van der Waals surface area contributed by atoms with Gasteiger partial charge in [0, 0.05) is 42.0 Å². The van der Waals surface area contributed by atoms with Gasteiger partial charge in [-0.3, -0.25) is 4.79 Å². The van der Waals surface area contributed by atoms with Gasteiger partial charge in [-0.05, 0) is 30.2 Å². The Bertz CT molecular complexity index is 1180. The summed E-state index contributed by atoms with van der Waals surface area (Å²) >= 11 is 0. The number of nitrogens with one attached hydrogen (secondary N) is 1. The standard InChI is InChI=1S/C27H28N2O2/c1-19(20-11-5-4-6-12-20)28-27(30)17-23(22-14-8-10-16-26(22)31-3)24-18-29(2)25-15-9-7-13-21(24)25/h4-16,18-19,23H,17H2,1-3H3,(H,28,30). The minimum absolute atomic E-state index is 0.0141. The molecule has 0 saturated heterocycles. The molecule has 1 amide bonds. The molecule has 1 aromatic heterocycles. The summed E-state index contributed by atoms with van der Waals surface area (Å²) in [6, 6.07) is 26.3. The summed E-state index contributed by atoms with van der Waals surface area (Å²) in [6.45, 7) is 2.02. The molecule has 0 aliphatic rings. The number of benzene rings is 3. The maximum atomic E-state index is 13.2. The fourth-order valence-corrected chi connectivity index (χ4v) is 4.30. The zero-order valence-electron chi connectivity index (χ0n) is 18.2. The van der Waals surface area contributed by atoms with Crippen LogP contribution in [0.3, 0.4) is 0 Å². The third-order valence-electron chi connectivity index (χ3n) is 5.88. The average molecular weight is 413 g/mol. The van der Waals surface area contributed by atoms with Crippen molar-refractivity contribution in [1.29, 1.82) is 0 Å². The molecule has 4 nitrogen and oxygen atoms in total. The largest absolute Gasteiger partial charge is 0.496 e. The van der Waals surface area contributed by atoms with E-state index >= 15 is 0 Å². The molecule has 0 saturated carbocycles. The van der Waals surface area contributed by atoms with E-state index in [4.69, 9.17) is 4.74 Å². The lowest BCUT2D eigenvalue weighted by Gasteiger charge is -2.21. The van der Waals surface area contributed by atoms with Gasteiger partial charge >= 0.3 is 0 Å². The van der Waals surface area contributed by atoms with Crippen LogP contribution < -0.4 is 10.1 Å². The second-order valence-corrected chi connectivity index (χ2v) is 7.91. The third-order valence-corrected chi connectivity index (χ3v) is 5.88. The number of hydrogen-bond donors (Lipinski definition) is 1. The molecule has 31 heavy (non-hydrogen) atoms. The van der Waals surface area contributed by atoms with Gasteiger partial charge in [-0.15, -0.1) is 0 Å². The SMILES string of the molecule is COc1ccccc1C(CC(=O)NC(C)c1ccccc1)c1cn(C)c2ccccc12. The Labute approximate surface area is 183 Å². The van der Waals surface area contributed by atoms with Crippen LogP contribution in [-0.4, -0.2) is 17.6 Å². The van der Waals surface area contributed by atoms with E-state index < -0.39 is 0 Å². The van der Waals surface area contributed by atoms with Gasteiger partial charge in [-0.2, -0.15) is 0 Å². The van der Waals surface area contributed by atoms with Crippen molar-refractivity contribution in [3.05, 3.63) is 102 Å². The van der Waals surface area contributed by atoms with Crippen molar-refractivity contribution in [2.45, 2.75) is 25.3 Å². The average Bonchev–Trinajstić information content (AvgIpc) is 3.14. The normalized spacial score (nSPS) is 13.0. The van der Waals surface area contributed by atoms with Crippen molar-refractivity contribution in [1.82, 2.24) is 9.88 Å². The number of aromatic nitrogens is 1. The molecule has 0 aliphatic heterocycles. The molecule has 0 spiro atoms. The van der Waals surface area contributed by atoms with Crippen LogP contribution in [-0.2, 0) is 11.8 Å². The van der Waals surface area contributed by atoms with Crippen molar-refractivity contribution in [3.8, 4) is 5.75 Å². The Morgan fingerprint density at radius 1 is 0.935 bits per heavy atom. The fourth-order valence-electron chi connectivity index (χ4n) is 4.30. The van der Waals surface area contributed by atoms with E-state index in [1.54, 1.807) is 7.11 Å². The third kappa shape index (κ3) is 4.33. The predicted molar refractivity (Wildman–Crippen MR) is 125 cm³/mol. The van der Waals surface area contributed by atoms with E-state index in [0.717, 1.165) is 33.3 Å². The maximum Gasteiger partial charge on any atom is 0.221 e. The van der Waals surface area contributed by atoms with Crippen LogP contribution >= 0.6 is 0 Å². The van der Waals surface area contributed by atoms with E-state index in [2.05, 4.69) is 34.3 Å². The molecular weight excluding hydrogens is 384 g/mol. The van der Waals surface area contributed by atoms with Crippen molar-refractivity contribution >= 4 is 16.8 Å². The number of nitrogens with zero attached hydrogens (tertiary/aromatic N) is 1. The first-order valence-corrected chi connectivity index (χ1v) is 10.6. The van der Waals surface area contributed by atoms with E-state index in [0.29, 0.717) is 6.42 Å². The number of ether oxygens (including phenoxy) is 1. The monoisotopic (exact) mass is 412 g/mol. The number of aryl methyl sites for hydroxylation is 1. The minimum atomic E-state index is -0.120. The van der Waals surface area contributed by atoms with E-state index in [9.17, 15) is 4.79 Å². The summed E-state index contributed by atoms with van der Waals surface area (Å²) in [7, 11) is 3.72. The number of para-hydroxylation sites is 2. The van der Waals surface area contributed by atoms with Gasteiger partial charge < -0.3 is 14.6 Å². The summed E-state index contributed by atoms with van der Waals surface area (Å²) in [5.41, 5.74) is 4.39. The Morgan fingerprint density at radius 3 is 2.39 bits per heavy atom. The van der Waals surface area contributed by atoms with Crippen LogP contribution in [0, 0.1) is 0 Å². The first-order chi connectivity index (χ1) is 15.1. The highest BCUT2D eigenvalue weighted by molar-refractivity contribution is 5.87. The number of carbonyl (C=O) groups excluding carboxylic acids is 1. The first-order valence-electron chi connectivity index (χ1n) is 10.6. The summed E-state index contributed by atoms with van der Waals surface area (Å²) < 4.78 is 7.78. The highest BCUT2D eigenvalue weighted by Gasteiger charge is 2.25. The van der Waals surface area contributed by atoms with Crippen LogP contribution in [0.25, 0.3) is 10.9 Å². The minimum Gasteiger partial charge on any atom is -0.496 e. The quantitative estimate of drug-likeness (QED) is 0.430. The molecule has 0 aliphatic carbocycles. The zero-order chi connectivity index (χ0) is 21.8. The van der Waals surface area contributed by atoms with Crippen LogP contribution in [0.1, 0.15) is 42.0 Å². The summed E-state index contributed by atoms with van der Waals surface area (Å²) in [6.07, 6.45) is 2.47. The number of fused-ring (bicyclic) bond motifs is 1. The van der Waals surface area contributed by atoms with Crippen LogP contribution in [0.4, 0.5) is 0 Å². The molecular formula is C27H28N2O2. The van der Waals surface area contributed by atoms with Crippen molar-refractivity contribution < 1.29 is 9.53 Å². The maximum absolute atomic E-state index is 13.2. The smallest absolute Gasteiger partial charge is 0.221 e. The van der Waals surface area contributed by atoms with Gasteiger partial charge in [0.2, 0.25) is 5.91 Å². The number of carbonyl (C=O) groups is 1. The number of rotatable bonds is 7. The Balaban J connectivity index is 1.70. The molecule has 158 valence electrons. The van der Waals surface area contributed by atoms with E-state index in [-0.39, 0.29) is 17.9 Å². The molecule has 0 bridgehead atoms. The Hall–Kier alpha value is -3.53. The van der Waals surface area contributed by atoms with Crippen molar-refractivity contribution in [2.24, 2.45) is 7.05 Å². The van der Waals surface area contributed by atoms with Crippen molar-refractivity contribution in [3.63, 3.8) is 0 Å². The summed E-state index contributed by atoms with van der Waals surface area (Å²) in [5.74, 6) is 0.690. The molecule has 4 heteroatoms. The molecule has 3 aromatic carbocycles. The second kappa shape index (κ2) is 9.09. The zero-order valence-corrected chi connectivity index (χ0v) is 18.2. The lowest BCUT2D eigenvalue weighted by Crippen LogP contribution is -2.28. The van der Waals surface area contributed by atoms with Crippen molar-refractivity contribution in [2.75, 3.05) is 7.11 Å². The summed E-state index contributed by atoms with van der Waals surface area (Å²) in [4.78, 5) is 13.2. The molecule has 0 radical (unpaired) electrons. The lowest BCUT2D eigenvalue weighted by atomic mass is 9.87. The predicted octanol–water partition coefficient (Wildman–Crippen LogP) is 5.59. The van der Waals surface area contributed by atoms with Gasteiger partial charge in [0.1, 0.15) is 5.75 Å². The Kier molecular flexibility index (Phi) is 6.08. The molecule has 2 atom stereocenters. The van der Waals surface area contributed by atoms with Gasteiger partial charge in [-0.1, -0.05) is 66.7 Å². The highest BCUT2D eigenvalue weighted by atomic mass is 16.5. The molecule has 1 heterocycles. The van der Waals surface area contributed by atoms with Gasteiger partial charge in [0.25, 0.3) is 0 Å². The Morgan fingerprint density at radius 2 is 1.61 bits per heavy atom. The first kappa shape index (κ1) is 20.7. The molecule has 4 rings (SSSR count). The number of hydrogen-bond acceptors (Lipinski definition) is 2. The van der Waals surface area contributed by atoms with Gasteiger partial charge in [0.05, 0.1) is 13.2 Å². The lowest BCUT2D eigenvalue weighted by molar-refractivity contribution is -0.121. The fraction of sp³-hybridized carbons (Fsp3) is 0.222. The highest BCUT2D eigenvalue weighted by Crippen LogP contribution is 2.38. The van der Waals surface area contributed by atoms with E-state index in [1.807, 2.05) is 74.6 Å². The van der Waals surface area contributed by atoms with Crippen LogP contribution in [0.2, 0.25) is 0 Å². The molecule has 4 aromatic rings. The molecule has 0 fully saturated rings. The topological polar surface area (TPSA) is 43.3 Å². The molecule has 2 unspecified atom stereocenters. The summed E-state index contributed by atoms with van der Waals surface area (Å²) in [5, 5.41) is 4.33.